The lowest BCUT2D eigenvalue weighted by Gasteiger charge is -2.10. The highest BCUT2D eigenvalue weighted by molar-refractivity contribution is 7.98. The molecule has 0 bridgehead atoms. The quantitative estimate of drug-likeness (QED) is 0.153. The third kappa shape index (κ3) is 5.70. The van der Waals surface area contributed by atoms with Gasteiger partial charge in [0.25, 0.3) is 5.69 Å². The smallest absolute Gasteiger partial charge is 0.269 e. The highest BCUT2D eigenvalue weighted by Gasteiger charge is 2.15. The van der Waals surface area contributed by atoms with Crippen LogP contribution in [0.15, 0.2) is 84.0 Å². The Morgan fingerprint density at radius 2 is 1.50 bits per heavy atom. The van der Waals surface area contributed by atoms with Crippen LogP contribution in [0.3, 0.4) is 0 Å². The first-order chi connectivity index (χ1) is 15.6. The fourth-order valence-electron chi connectivity index (χ4n) is 3.03. The van der Waals surface area contributed by atoms with Gasteiger partial charge in [-0.3, -0.25) is 14.7 Å². The summed E-state index contributed by atoms with van der Waals surface area (Å²) in [7, 11) is 0. The van der Waals surface area contributed by atoms with Gasteiger partial charge in [0.2, 0.25) is 0 Å². The number of thioether (sulfide) groups is 2. The highest BCUT2D eigenvalue weighted by Crippen LogP contribution is 2.28. The van der Waals surface area contributed by atoms with Crippen LogP contribution in [0.4, 0.5) is 5.69 Å². The molecule has 162 valence electrons. The first kappa shape index (κ1) is 22.4. The average molecular weight is 483 g/mol. The number of non-ortho nitro benzene ring substituents is 1. The monoisotopic (exact) mass is 482 g/mol. The summed E-state index contributed by atoms with van der Waals surface area (Å²) >= 11 is 9.29. The largest absolute Gasteiger partial charge is 0.273 e. The van der Waals surface area contributed by atoms with Gasteiger partial charge in [-0.2, -0.15) is 0 Å². The summed E-state index contributed by atoms with van der Waals surface area (Å²) in [4.78, 5) is 10.5. The topological polar surface area (TPSA) is 73.8 Å². The maximum absolute atomic E-state index is 10.9. The second-order valence-corrected chi connectivity index (χ2v) is 9.27. The van der Waals surface area contributed by atoms with E-state index in [0.29, 0.717) is 11.5 Å². The Balaban J connectivity index is 1.48. The number of nitrogens with zero attached hydrogens (tertiary/aromatic N) is 4. The van der Waals surface area contributed by atoms with E-state index in [1.54, 1.807) is 35.7 Å². The number of hydrogen-bond donors (Lipinski definition) is 0. The molecule has 0 spiro atoms. The van der Waals surface area contributed by atoms with E-state index in [-0.39, 0.29) is 5.69 Å². The van der Waals surface area contributed by atoms with Crippen LogP contribution in [0, 0.1) is 10.1 Å². The van der Waals surface area contributed by atoms with Gasteiger partial charge in [-0.1, -0.05) is 65.8 Å². The minimum atomic E-state index is -0.392. The number of nitro groups is 1. The molecule has 0 amide bonds. The summed E-state index contributed by atoms with van der Waals surface area (Å²) in [6.07, 6.45) is 0. The normalized spacial score (nSPS) is 10.9. The van der Waals surface area contributed by atoms with Crippen molar-refractivity contribution in [2.24, 2.45) is 0 Å². The second kappa shape index (κ2) is 10.7. The molecule has 0 radical (unpaired) electrons. The first-order valence-corrected chi connectivity index (χ1v) is 12.3. The lowest BCUT2D eigenvalue weighted by Crippen LogP contribution is -2.02. The van der Waals surface area contributed by atoms with E-state index in [1.165, 1.54) is 17.7 Å². The molecule has 0 atom stereocenters. The van der Waals surface area contributed by atoms with Crippen molar-refractivity contribution >= 4 is 40.8 Å². The fourth-order valence-corrected chi connectivity index (χ4v) is 4.98. The van der Waals surface area contributed by atoms with Gasteiger partial charge in [0, 0.05) is 34.3 Å². The predicted molar refractivity (Wildman–Crippen MR) is 130 cm³/mol. The van der Waals surface area contributed by atoms with E-state index in [9.17, 15) is 10.1 Å². The highest BCUT2D eigenvalue weighted by atomic mass is 35.5. The number of para-hydroxylation sites is 1. The maximum atomic E-state index is 10.9. The third-order valence-corrected chi connectivity index (χ3v) is 6.89. The van der Waals surface area contributed by atoms with Gasteiger partial charge in [0.1, 0.15) is 5.82 Å². The molecule has 0 saturated heterocycles. The summed E-state index contributed by atoms with van der Waals surface area (Å²) in [5.74, 6) is 3.08. The Bertz CT molecular complexity index is 1180. The number of halogens is 1. The van der Waals surface area contributed by atoms with Crippen LogP contribution in [-0.2, 0) is 17.3 Å². The predicted octanol–water partition coefficient (Wildman–Crippen LogP) is 6.55. The number of aromatic nitrogens is 3. The zero-order valence-corrected chi connectivity index (χ0v) is 19.3. The number of hydrogen-bond acceptors (Lipinski definition) is 6. The molecule has 4 rings (SSSR count). The summed E-state index contributed by atoms with van der Waals surface area (Å²) in [5, 5.41) is 21.3. The Kier molecular flexibility index (Phi) is 7.47. The maximum Gasteiger partial charge on any atom is 0.269 e. The minimum absolute atomic E-state index is 0.0891. The molecule has 9 heteroatoms. The van der Waals surface area contributed by atoms with Gasteiger partial charge >= 0.3 is 0 Å². The van der Waals surface area contributed by atoms with Gasteiger partial charge in [-0.15, -0.1) is 22.0 Å². The van der Waals surface area contributed by atoms with Crippen molar-refractivity contribution in [1.82, 2.24) is 14.8 Å². The first-order valence-electron chi connectivity index (χ1n) is 9.78. The number of rotatable bonds is 9. The van der Waals surface area contributed by atoms with E-state index in [2.05, 4.69) is 14.8 Å². The molecule has 0 aliphatic rings. The zero-order chi connectivity index (χ0) is 22.3. The van der Waals surface area contributed by atoms with Crippen molar-refractivity contribution in [3.63, 3.8) is 0 Å². The molecule has 4 aromatic rings. The average Bonchev–Trinajstić information content (AvgIpc) is 3.22. The molecule has 32 heavy (non-hydrogen) atoms. The van der Waals surface area contributed by atoms with Gasteiger partial charge in [-0.05, 0) is 35.4 Å². The Morgan fingerprint density at radius 1 is 0.844 bits per heavy atom. The molecule has 0 aliphatic heterocycles. The SMILES string of the molecule is O=[N+]([O-])c1ccc(CSc2nnc(CSCc3ccc(Cl)cc3)n2-c2ccccc2)cc1. The van der Waals surface area contributed by atoms with Crippen LogP contribution < -0.4 is 0 Å². The molecule has 0 fully saturated rings. The zero-order valence-electron chi connectivity index (χ0n) is 16.9. The minimum Gasteiger partial charge on any atom is -0.273 e. The Labute approximate surface area is 199 Å². The van der Waals surface area contributed by atoms with Crippen LogP contribution in [0.5, 0.6) is 0 Å². The number of nitro benzene ring substituents is 1. The third-order valence-electron chi connectivity index (χ3n) is 4.64. The van der Waals surface area contributed by atoms with Gasteiger partial charge in [0.15, 0.2) is 5.16 Å². The molecule has 0 saturated carbocycles. The molecule has 0 N–H and O–H groups in total. The van der Waals surface area contributed by atoms with E-state index < -0.39 is 4.92 Å². The van der Waals surface area contributed by atoms with Crippen molar-refractivity contribution in [2.75, 3.05) is 0 Å². The molecule has 1 aromatic heterocycles. The summed E-state index contributed by atoms with van der Waals surface area (Å²) < 4.78 is 2.07. The fraction of sp³-hybridized carbons (Fsp3) is 0.130. The lowest BCUT2D eigenvalue weighted by molar-refractivity contribution is -0.384. The van der Waals surface area contributed by atoms with E-state index >= 15 is 0 Å². The van der Waals surface area contributed by atoms with Crippen LogP contribution in [0.1, 0.15) is 17.0 Å². The van der Waals surface area contributed by atoms with E-state index in [1.807, 2.05) is 54.6 Å². The van der Waals surface area contributed by atoms with Crippen molar-refractivity contribution < 1.29 is 4.92 Å². The van der Waals surface area contributed by atoms with Gasteiger partial charge < -0.3 is 0 Å². The van der Waals surface area contributed by atoms with Gasteiger partial charge in [0.05, 0.1) is 10.7 Å². The Morgan fingerprint density at radius 3 is 2.19 bits per heavy atom. The summed E-state index contributed by atoms with van der Waals surface area (Å²) in [6, 6.07) is 24.5. The molecular formula is C23H19ClN4O2S2. The van der Waals surface area contributed by atoms with Crippen molar-refractivity contribution in [3.05, 3.63) is 111 Å². The van der Waals surface area contributed by atoms with Crippen LogP contribution in [0.2, 0.25) is 5.02 Å². The lowest BCUT2D eigenvalue weighted by atomic mass is 10.2. The molecule has 1 heterocycles. The molecule has 6 nitrogen and oxygen atoms in total. The summed E-state index contributed by atoms with van der Waals surface area (Å²) in [5.41, 5.74) is 3.29. The van der Waals surface area contributed by atoms with Crippen LogP contribution in [0.25, 0.3) is 5.69 Å². The van der Waals surface area contributed by atoms with Crippen molar-refractivity contribution in [1.29, 1.82) is 0 Å². The van der Waals surface area contributed by atoms with Crippen molar-refractivity contribution in [3.8, 4) is 5.69 Å². The van der Waals surface area contributed by atoms with Crippen molar-refractivity contribution in [2.45, 2.75) is 22.4 Å². The Hall–Kier alpha value is -2.81. The molecular weight excluding hydrogens is 464 g/mol. The molecule has 3 aromatic carbocycles. The van der Waals surface area contributed by atoms with E-state index in [0.717, 1.165) is 33.0 Å². The number of benzene rings is 3. The summed E-state index contributed by atoms with van der Waals surface area (Å²) in [6.45, 7) is 0. The second-order valence-electron chi connectivity index (χ2n) is 6.90. The molecule has 0 unspecified atom stereocenters. The van der Waals surface area contributed by atoms with Crippen LogP contribution >= 0.6 is 35.1 Å². The molecule has 0 aliphatic carbocycles. The van der Waals surface area contributed by atoms with Crippen LogP contribution in [-0.4, -0.2) is 19.7 Å². The van der Waals surface area contributed by atoms with E-state index in [4.69, 9.17) is 11.6 Å². The van der Waals surface area contributed by atoms with Gasteiger partial charge in [-0.25, -0.2) is 0 Å². The standard InChI is InChI=1S/C23H19ClN4O2S2/c24-19-10-6-17(7-11-19)14-31-16-22-25-26-23(27(22)20-4-2-1-3-5-20)32-15-18-8-12-21(13-9-18)28(29)30/h1-13H,14-16H2.